The first-order valence-corrected chi connectivity index (χ1v) is 10.7. The Hall–Kier alpha value is -2.60. The molecule has 0 saturated heterocycles. The number of hydrogen-bond donors (Lipinski definition) is 1. The molecular weight excluding hydrogens is 386 g/mol. The van der Waals surface area contributed by atoms with Crippen LogP contribution in [0.1, 0.15) is 49.0 Å². The van der Waals surface area contributed by atoms with Crippen LogP contribution in [0.25, 0.3) is 0 Å². The third-order valence-electron chi connectivity index (χ3n) is 4.48. The Bertz CT molecular complexity index is 838. The number of ether oxygens (including phenoxy) is 1. The van der Waals surface area contributed by atoms with Gasteiger partial charge < -0.3 is 10.1 Å². The van der Waals surface area contributed by atoms with Gasteiger partial charge in [0.1, 0.15) is 5.78 Å². The van der Waals surface area contributed by atoms with Crippen LogP contribution in [-0.2, 0) is 14.3 Å². The lowest BCUT2D eigenvalue weighted by atomic mass is 9.96. The molecule has 0 saturated carbocycles. The molecule has 2 aromatic rings. The number of amides is 1. The van der Waals surface area contributed by atoms with Gasteiger partial charge in [-0.05, 0) is 38.0 Å². The van der Waals surface area contributed by atoms with Crippen LogP contribution in [0.5, 0.6) is 0 Å². The van der Waals surface area contributed by atoms with Crippen molar-refractivity contribution in [2.75, 3.05) is 12.3 Å². The molecule has 0 aliphatic carbocycles. The first kappa shape index (κ1) is 22.7. The highest BCUT2D eigenvalue weighted by molar-refractivity contribution is 8.00. The van der Waals surface area contributed by atoms with Gasteiger partial charge in [-0.3, -0.25) is 9.59 Å². The highest BCUT2D eigenvalue weighted by atomic mass is 32.2. The van der Waals surface area contributed by atoms with Gasteiger partial charge in [-0.2, -0.15) is 0 Å². The molecule has 154 valence electrons. The second-order valence-electron chi connectivity index (χ2n) is 6.80. The Morgan fingerprint density at radius 1 is 1.03 bits per heavy atom. The van der Waals surface area contributed by atoms with Crippen molar-refractivity contribution in [1.29, 1.82) is 0 Å². The number of hydrogen-bond acceptors (Lipinski definition) is 5. The fourth-order valence-corrected chi connectivity index (χ4v) is 3.65. The molecule has 0 aromatic heterocycles. The van der Waals surface area contributed by atoms with Crippen molar-refractivity contribution < 1.29 is 19.1 Å². The zero-order chi connectivity index (χ0) is 21.2. The van der Waals surface area contributed by atoms with Gasteiger partial charge in [-0.1, -0.05) is 49.4 Å². The second kappa shape index (κ2) is 11.4. The monoisotopic (exact) mass is 413 g/mol. The summed E-state index contributed by atoms with van der Waals surface area (Å²) < 4.78 is 5.37. The number of esters is 1. The van der Waals surface area contributed by atoms with E-state index in [9.17, 15) is 14.4 Å². The van der Waals surface area contributed by atoms with Gasteiger partial charge in [0.15, 0.2) is 6.10 Å². The molecule has 0 fully saturated rings. The fraction of sp³-hybridized carbons (Fsp3) is 0.348. The van der Waals surface area contributed by atoms with E-state index in [1.807, 2.05) is 30.3 Å². The molecule has 0 radical (unpaired) electrons. The van der Waals surface area contributed by atoms with Crippen molar-refractivity contribution in [1.82, 2.24) is 5.32 Å². The minimum absolute atomic E-state index is 0.0230. The van der Waals surface area contributed by atoms with Gasteiger partial charge in [0.05, 0.1) is 11.3 Å². The first-order valence-electron chi connectivity index (χ1n) is 9.67. The van der Waals surface area contributed by atoms with Crippen LogP contribution in [0.15, 0.2) is 59.5 Å². The molecule has 2 rings (SSSR count). The Kier molecular flexibility index (Phi) is 8.93. The standard InChI is InChI=1S/C23H27NO4S/c1-4-18(19-10-6-5-7-11-19)14-24-22(26)17(3)28-23(27)20-12-8-9-13-21(20)29-15-16(2)25/h5-13,17-18H,4,14-15H2,1-3H3,(H,24,26)/t17-,18-/m1/s1. The molecule has 2 aromatic carbocycles. The van der Waals surface area contributed by atoms with E-state index in [0.29, 0.717) is 17.0 Å². The second-order valence-corrected chi connectivity index (χ2v) is 7.81. The molecule has 0 unspecified atom stereocenters. The van der Waals surface area contributed by atoms with E-state index < -0.39 is 12.1 Å². The molecule has 1 amide bonds. The summed E-state index contributed by atoms with van der Waals surface area (Å²) in [5, 5.41) is 2.88. The van der Waals surface area contributed by atoms with E-state index in [2.05, 4.69) is 12.2 Å². The largest absolute Gasteiger partial charge is 0.449 e. The van der Waals surface area contributed by atoms with Crippen LogP contribution in [0.4, 0.5) is 0 Å². The Balaban J connectivity index is 1.94. The smallest absolute Gasteiger partial charge is 0.340 e. The van der Waals surface area contributed by atoms with Crippen LogP contribution >= 0.6 is 11.8 Å². The normalized spacial score (nSPS) is 12.7. The lowest BCUT2D eigenvalue weighted by Crippen LogP contribution is -2.38. The molecule has 29 heavy (non-hydrogen) atoms. The van der Waals surface area contributed by atoms with Crippen molar-refractivity contribution >= 4 is 29.4 Å². The summed E-state index contributed by atoms with van der Waals surface area (Å²) in [4.78, 5) is 36.9. The highest BCUT2D eigenvalue weighted by Gasteiger charge is 2.22. The topological polar surface area (TPSA) is 72.5 Å². The highest BCUT2D eigenvalue weighted by Crippen LogP contribution is 2.24. The van der Waals surface area contributed by atoms with Gasteiger partial charge in [0, 0.05) is 17.4 Å². The fourth-order valence-electron chi connectivity index (χ4n) is 2.81. The maximum Gasteiger partial charge on any atom is 0.340 e. The van der Waals surface area contributed by atoms with E-state index in [1.165, 1.54) is 18.7 Å². The van der Waals surface area contributed by atoms with Crippen molar-refractivity contribution in [3.05, 3.63) is 65.7 Å². The maximum absolute atomic E-state index is 12.5. The summed E-state index contributed by atoms with van der Waals surface area (Å²) >= 11 is 1.28. The number of benzene rings is 2. The van der Waals surface area contributed by atoms with Gasteiger partial charge in [0.2, 0.25) is 0 Å². The number of carbonyl (C=O) groups excluding carboxylic acids is 3. The van der Waals surface area contributed by atoms with E-state index in [0.717, 1.165) is 12.0 Å². The molecule has 0 heterocycles. The minimum atomic E-state index is -0.915. The molecule has 1 N–H and O–H groups in total. The van der Waals surface area contributed by atoms with Crippen molar-refractivity contribution in [3.8, 4) is 0 Å². The predicted octanol–water partition coefficient (Wildman–Crippen LogP) is 4.22. The van der Waals surface area contributed by atoms with E-state index in [1.54, 1.807) is 31.2 Å². The van der Waals surface area contributed by atoms with Crippen LogP contribution in [-0.4, -0.2) is 36.1 Å². The molecular formula is C23H27NO4S. The van der Waals surface area contributed by atoms with Crippen LogP contribution in [0.3, 0.4) is 0 Å². The number of ketones is 1. The van der Waals surface area contributed by atoms with Crippen LogP contribution in [0.2, 0.25) is 0 Å². The van der Waals surface area contributed by atoms with Crippen LogP contribution < -0.4 is 5.32 Å². The number of carbonyl (C=O) groups is 3. The molecule has 0 bridgehead atoms. The molecule has 5 nitrogen and oxygen atoms in total. The van der Waals surface area contributed by atoms with Crippen molar-refractivity contribution in [2.24, 2.45) is 0 Å². The lowest BCUT2D eigenvalue weighted by Gasteiger charge is -2.19. The molecule has 0 aliphatic heterocycles. The lowest BCUT2D eigenvalue weighted by molar-refractivity contribution is -0.129. The minimum Gasteiger partial charge on any atom is -0.449 e. The average Bonchev–Trinajstić information content (AvgIpc) is 2.73. The molecule has 2 atom stereocenters. The molecule has 0 aliphatic rings. The van der Waals surface area contributed by atoms with Crippen LogP contribution in [0, 0.1) is 0 Å². The van der Waals surface area contributed by atoms with Crippen molar-refractivity contribution in [3.63, 3.8) is 0 Å². The predicted molar refractivity (Wildman–Crippen MR) is 115 cm³/mol. The third kappa shape index (κ3) is 7.06. The molecule has 6 heteroatoms. The van der Waals surface area contributed by atoms with Gasteiger partial charge in [0.25, 0.3) is 5.91 Å². The average molecular weight is 414 g/mol. The number of rotatable bonds is 10. The summed E-state index contributed by atoms with van der Waals surface area (Å²) in [7, 11) is 0. The Labute approximate surface area is 176 Å². The summed E-state index contributed by atoms with van der Waals surface area (Å²) in [6, 6.07) is 16.9. The maximum atomic E-state index is 12.5. The summed E-state index contributed by atoms with van der Waals surface area (Å²) in [5.41, 5.74) is 1.52. The van der Waals surface area contributed by atoms with E-state index in [-0.39, 0.29) is 23.4 Å². The van der Waals surface area contributed by atoms with E-state index >= 15 is 0 Å². The Morgan fingerprint density at radius 2 is 1.69 bits per heavy atom. The van der Waals surface area contributed by atoms with Gasteiger partial charge in [-0.15, -0.1) is 11.8 Å². The summed E-state index contributed by atoms with van der Waals surface area (Å²) in [6.07, 6.45) is -0.0270. The van der Waals surface area contributed by atoms with Gasteiger partial charge >= 0.3 is 5.97 Å². The number of thioether (sulfide) groups is 1. The van der Waals surface area contributed by atoms with Crippen molar-refractivity contribution in [2.45, 2.75) is 44.1 Å². The first-order chi connectivity index (χ1) is 13.9. The quantitative estimate of drug-likeness (QED) is 0.466. The summed E-state index contributed by atoms with van der Waals surface area (Å²) in [5.74, 6) is -0.407. The SMILES string of the molecule is CC[C@H](CNC(=O)[C@@H](C)OC(=O)c1ccccc1SCC(C)=O)c1ccccc1. The number of nitrogens with one attached hydrogen (secondary N) is 1. The van der Waals surface area contributed by atoms with Gasteiger partial charge in [-0.25, -0.2) is 4.79 Å². The number of Topliss-reactive ketones (excluding diaryl/α,β-unsaturated/α-hetero) is 1. The zero-order valence-electron chi connectivity index (χ0n) is 17.0. The third-order valence-corrected chi connectivity index (χ3v) is 5.70. The summed E-state index contributed by atoms with van der Waals surface area (Å²) in [6.45, 7) is 5.61. The molecule has 0 spiro atoms. The zero-order valence-corrected chi connectivity index (χ0v) is 17.8. The Morgan fingerprint density at radius 3 is 2.34 bits per heavy atom. The van der Waals surface area contributed by atoms with E-state index in [4.69, 9.17) is 4.74 Å².